The van der Waals surface area contributed by atoms with Crippen LogP contribution >= 0.6 is 0 Å². The number of amides is 1. The Bertz CT molecular complexity index is 484. The zero-order valence-corrected chi connectivity index (χ0v) is 16.4. The molecule has 0 radical (unpaired) electrons. The predicted molar refractivity (Wildman–Crippen MR) is 104 cm³/mol. The van der Waals surface area contributed by atoms with E-state index in [1.54, 1.807) is 0 Å². The van der Waals surface area contributed by atoms with E-state index >= 15 is 0 Å². The average molecular weight is 374 g/mol. The lowest BCUT2D eigenvalue weighted by atomic mass is 10.1. The monoisotopic (exact) mass is 373 g/mol. The minimum Gasteiger partial charge on any atom is -0.355 e. The third-order valence-corrected chi connectivity index (χ3v) is 4.51. The minimum absolute atomic E-state index is 0.0300. The molecule has 5 nitrogen and oxygen atoms in total. The fraction of sp³-hybridized carbons (Fsp3) is 0.737. The van der Waals surface area contributed by atoms with Gasteiger partial charge >= 0.3 is 0 Å². The van der Waals surface area contributed by atoms with Gasteiger partial charge in [-0.3, -0.25) is 9.35 Å². The second-order valence-electron chi connectivity index (χ2n) is 6.26. The van der Waals surface area contributed by atoms with Crippen LogP contribution in [0.25, 0.3) is 0 Å². The summed E-state index contributed by atoms with van der Waals surface area (Å²) in [6.07, 6.45) is 20.5. The molecule has 0 saturated carbocycles. The molecular weight excluding hydrogens is 338 g/mol. The molecule has 0 aliphatic carbocycles. The van der Waals surface area contributed by atoms with Gasteiger partial charge in [-0.25, -0.2) is 0 Å². The van der Waals surface area contributed by atoms with Gasteiger partial charge < -0.3 is 5.32 Å². The third-order valence-electron chi connectivity index (χ3n) is 3.79. The summed E-state index contributed by atoms with van der Waals surface area (Å²) in [5.41, 5.74) is 0. The molecule has 1 amide bonds. The molecular formula is C19H35NO4S. The zero-order valence-electron chi connectivity index (χ0n) is 15.6. The van der Waals surface area contributed by atoms with E-state index in [0.29, 0.717) is 6.42 Å². The Labute approximate surface area is 153 Å². The van der Waals surface area contributed by atoms with Gasteiger partial charge in [0.2, 0.25) is 5.91 Å². The van der Waals surface area contributed by atoms with E-state index in [4.69, 9.17) is 4.55 Å². The van der Waals surface area contributed by atoms with Gasteiger partial charge in [-0.1, -0.05) is 63.3 Å². The number of carbonyl (C=O) groups is 1. The Morgan fingerprint density at radius 1 is 0.920 bits per heavy atom. The quantitative estimate of drug-likeness (QED) is 0.238. The van der Waals surface area contributed by atoms with Crippen molar-refractivity contribution >= 4 is 16.0 Å². The lowest BCUT2D eigenvalue weighted by Crippen LogP contribution is -2.28. The van der Waals surface area contributed by atoms with Gasteiger partial charge in [-0.15, -0.1) is 0 Å². The van der Waals surface area contributed by atoms with Crippen molar-refractivity contribution in [2.45, 2.75) is 77.6 Å². The Kier molecular flexibility index (Phi) is 15.6. The molecule has 0 bridgehead atoms. The van der Waals surface area contributed by atoms with Gasteiger partial charge in [-0.2, -0.15) is 8.42 Å². The number of hydrogen-bond acceptors (Lipinski definition) is 3. The minimum atomic E-state index is -3.99. The topological polar surface area (TPSA) is 83.5 Å². The molecule has 0 aromatic carbocycles. The van der Waals surface area contributed by atoms with Gasteiger partial charge in [-0.05, 0) is 32.1 Å². The van der Waals surface area contributed by atoms with Crippen LogP contribution in [-0.2, 0) is 14.9 Å². The third kappa shape index (κ3) is 20.8. The Morgan fingerprint density at radius 3 is 2.16 bits per heavy atom. The van der Waals surface area contributed by atoms with E-state index in [0.717, 1.165) is 32.1 Å². The van der Waals surface area contributed by atoms with E-state index in [-0.39, 0.29) is 12.5 Å². The standard InChI is InChI=1S/C19H35NO4S/c1-2-3-4-5-6-7-8-9-10-11-12-13-14-15-16-19(21)20-17-18-25(22,23)24/h5-6,8-9H,2-4,7,10-18H2,1H3,(H,20,21)(H,22,23,24)/b6-5-,9-8-. The molecule has 25 heavy (non-hydrogen) atoms. The van der Waals surface area contributed by atoms with Crippen molar-refractivity contribution in [3.8, 4) is 0 Å². The Hall–Kier alpha value is -1.14. The molecule has 0 heterocycles. The highest BCUT2D eigenvalue weighted by atomic mass is 32.2. The molecule has 0 aromatic heterocycles. The summed E-state index contributed by atoms with van der Waals surface area (Å²) in [5, 5.41) is 2.49. The van der Waals surface area contributed by atoms with Crippen molar-refractivity contribution in [3.05, 3.63) is 24.3 Å². The van der Waals surface area contributed by atoms with Crippen LogP contribution < -0.4 is 5.32 Å². The van der Waals surface area contributed by atoms with E-state index in [1.807, 2.05) is 0 Å². The van der Waals surface area contributed by atoms with Crippen molar-refractivity contribution in [2.75, 3.05) is 12.3 Å². The lowest BCUT2D eigenvalue weighted by molar-refractivity contribution is -0.121. The molecule has 0 unspecified atom stereocenters. The molecule has 2 N–H and O–H groups in total. The van der Waals surface area contributed by atoms with E-state index < -0.39 is 15.9 Å². The van der Waals surface area contributed by atoms with Crippen LogP contribution in [0, 0.1) is 0 Å². The molecule has 6 heteroatoms. The summed E-state index contributed by atoms with van der Waals surface area (Å²) in [4.78, 5) is 11.4. The summed E-state index contributed by atoms with van der Waals surface area (Å²) in [6, 6.07) is 0. The SMILES string of the molecule is CCCC/C=C\C/C=C\CCCCCCCC(=O)NCCS(=O)(=O)O. The van der Waals surface area contributed by atoms with Crippen molar-refractivity contribution in [1.82, 2.24) is 5.32 Å². The number of hydrogen-bond donors (Lipinski definition) is 2. The number of unbranched alkanes of at least 4 members (excludes halogenated alkanes) is 7. The van der Waals surface area contributed by atoms with E-state index in [2.05, 4.69) is 36.5 Å². The number of rotatable bonds is 16. The van der Waals surface area contributed by atoms with Gasteiger partial charge in [0.15, 0.2) is 0 Å². The highest BCUT2D eigenvalue weighted by Crippen LogP contribution is 2.08. The fourth-order valence-electron chi connectivity index (χ4n) is 2.31. The maximum absolute atomic E-state index is 11.4. The first-order valence-corrected chi connectivity index (χ1v) is 11.1. The number of allylic oxidation sites excluding steroid dienone is 4. The molecule has 0 fully saturated rings. The molecule has 0 atom stereocenters. The van der Waals surface area contributed by atoms with Gasteiger partial charge in [0, 0.05) is 13.0 Å². The maximum Gasteiger partial charge on any atom is 0.266 e. The van der Waals surface area contributed by atoms with Crippen LogP contribution in [0.5, 0.6) is 0 Å². The van der Waals surface area contributed by atoms with Gasteiger partial charge in [0.25, 0.3) is 10.1 Å². The molecule has 146 valence electrons. The molecule has 0 aliphatic heterocycles. The Morgan fingerprint density at radius 2 is 1.52 bits per heavy atom. The Balaban J connectivity index is 3.35. The molecule has 0 aliphatic rings. The molecule has 0 spiro atoms. The summed E-state index contributed by atoms with van der Waals surface area (Å²) >= 11 is 0. The number of nitrogens with one attached hydrogen (secondary N) is 1. The highest BCUT2D eigenvalue weighted by Gasteiger charge is 2.06. The van der Waals surface area contributed by atoms with Crippen LogP contribution in [0.3, 0.4) is 0 Å². The largest absolute Gasteiger partial charge is 0.355 e. The van der Waals surface area contributed by atoms with Crippen molar-refractivity contribution in [3.63, 3.8) is 0 Å². The highest BCUT2D eigenvalue weighted by molar-refractivity contribution is 7.85. The summed E-state index contributed by atoms with van der Waals surface area (Å²) in [5.74, 6) is -0.584. The van der Waals surface area contributed by atoms with Gasteiger partial charge in [0.1, 0.15) is 0 Å². The van der Waals surface area contributed by atoms with Crippen LogP contribution in [0.15, 0.2) is 24.3 Å². The van der Waals surface area contributed by atoms with Crippen molar-refractivity contribution < 1.29 is 17.8 Å². The van der Waals surface area contributed by atoms with Crippen molar-refractivity contribution in [1.29, 1.82) is 0 Å². The number of carbonyl (C=O) groups excluding carboxylic acids is 1. The fourth-order valence-corrected chi connectivity index (χ4v) is 2.67. The first-order chi connectivity index (χ1) is 12.0. The summed E-state index contributed by atoms with van der Waals surface area (Å²) in [7, 11) is -3.99. The van der Waals surface area contributed by atoms with Crippen LogP contribution in [-0.4, -0.2) is 31.2 Å². The molecule has 0 aromatic rings. The maximum atomic E-state index is 11.4. The lowest BCUT2D eigenvalue weighted by Gasteiger charge is -2.04. The first kappa shape index (κ1) is 23.9. The first-order valence-electron chi connectivity index (χ1n) is 9.47. The predicted octanol–water partition coefficient (Wildman–Crippen LogP) is 4.41. The summed E-state index contributed by atoms with van der Waals surface area (Å²) < 4.78 is 29.6. The second kappa shape index (κ2) is 16.3. The average Bonchev–Trinajstić information content (AvgIpc) is 2.54. The molecule has 0 rings (SSSR count). The molecule has 0 saturated heterocycles. The van der Waals surface area contributed by atoms with Crippen LogP contribution in [0.2, 0.25) is 0 Å². The summed E-state index contributed by atoms with van der Waals surface area (Å²) in [6.45, 7) is 2.17. The van der Waals surface area contributed by atoms with Crippen LogP contribution in [0.1, 0.15) is 77.6 Å². The normalized spacial score (nSPS) is 12.2. The van der Waals surface area contributed by atoms with Crippen molar-refractivity contribution in [2.24, 2.45) is 0 Å². The second-order valence-corrected chi connectivity index (χ2v) is 7.84. The van der Waals surface area contributed by atoms with E-state index in [9.17, 15) is 13.2 Å². The smallest absolute Gasteiger partial charge is 0.266 e. The van der Waals surface area contributed by atoms with Gasteiger partial charge in [0.05, 0.1) is 5.75 Å². The zero-order chi connectivity index (χ0) is 18.8. The van der Waals surface area contributed by atoms with Crippen LogP contribution in [0.4, 0.5) is 0 Å². The van der Waals surface area contributed by atoms with E-state index in [1.165, 1.54) is 32.1 Å².